The number of hydrazone groups is 1. The molecule has 1 amide bonds. The highest BCUT2D eigenvalue weighted by molar-refractivity contribution is 14.1. The van der Waals surface area contributed by atoms with E-state index in [1.165, 1.54) is 3.57 Å². The number of hydrogen-bond donors (Lipinski definition) is 1. The summed E-state index contributed by atoms with van der Waals surface area (Å²) in [5.74, 6) is -0.164. The number of rotatable bonds is 4. The minimum atomic E-state index is -0.388. The highest BCUT2D eigenvalue weighted by Gasteiger charge is 2.14. The second kappa shape index (κ2) is 8.83. The van der Waals surface area contributed by atoms with E-state index in [0.29, 0.717) is 5.58 Å². The van der Waals surface area contributed by atoms with Crippen molar-refractivity contribution in [2.24, 2.45) is 5.10 Å². The van der Waals surface area contributed by atoms with Crippen molar-refractivity contribution in [2.75, 3.05) is 0 Å². The molecule has 0 atom stereocenters. The molecular formula is C22H16BrI2N3O2. The molecule has 0 spiro atoms. The molecule has 2 aromatic heterocycles. The van der Waals surface area contributed by atoms with Crippen molar-refractivity contribution in [3.63, 3.8) is 0 Å². The summed E-state index contributed by atoms with van der Waals surface area (Å²) in [6, 6.07) is 16.0. The topological polar surface area (TPSA) is 59.5 Å². The largest absolute Gasteiger partial charge is 0.450 e. The van der Waals surface area contributed by atoms with Crippen LogP contribution in [0.3, 0.4) is 0 Å². The summed E-state index contributed by atoms with van der Waals surface area (Å²) >= 11 is 7.94. The first kappa shape index (κ1) is 21.6. The van der Waals surface area contributed by atoms with Gasteiger partial charge in [0.15, 0.2) is 5.76 Å². The van der Waals surface area contributed by atoms with Crippen LogP contribution in [0.2, 0.25) is 0 Å². The van der Waals surface area contributed by atoms with Crippen LogP contribution in [0.25, 0.3) is 16.7 Å². The normalized spacial score (nSPS) is 11.5. The summed E-state index contributed by atoms with van der Waals surface area (Å²) in [4.78, 5) is 12.5. The Bertz CT molecular complexity index is 1290. The number of fused-ring (bicyclic) bond motifs is 1. The minimum absolute atomic E-state index is 0.225. The summed E-state index contributed by atoms with van der Waals surface area (Å²) in [5.41, 5.74) is 7.43. The third kappa shape index (κ3) is 4.35. The third-order valence-corrected chi connectivity index (χ3v) is 6.66. The molecule has 2 heterocycles. The van der Waals surface area contributed by atoms with Gasteiger partial charge in [0.05, 0.1) is 9.78 Å². The number of furan rings is 1. The van der Waals surface area contributed by atoms with Crippen LogP contribution in [0.5, 0.6) is 0 Å². The number of nitrogens with zero attached hydrogens (tertiary/aromatic N) is 2. The first-order chi connectivity index (χ1) is 14.3. The van der Waals surface area contributed by atoms with Gasteiger partial charge in [0.2, 0.25) is 0 Å². The number of aromatic nitrogens is 1. The highest BCUT2D eigenvalue weighted by Crippen LogP contribution is 2.28. The van der Waals surface area contributed by atoms with Crippen molar-refractivity contribution in [1.29, 1.82) is 0 Å². The fourth-order valence-corrected chi connectivity index (χ4v) is 5.33. The van der Waals surface area contributed by atoms with Gasteiger partial charge >= 0.3 is 5.91 Å². The van der Waals surface area contributed by atoms with E-state index in [4.69, 9.17) is 4.42 Å². The number of amides is 1. The second-order valence-electron chi connectivity index (χ2n) is 6.75. The van der Waals surface area contributed by atoms with Gasteiger partial charge in [0, 0.05) is 36.1 Å². The van der Waals surface area contributed by atoms with Crippen molar-refractivity contribution in [3.05, 3.63) is 82.9 Å². The fraction of sp³-hybridized carbons (Fsp3) is 0.0909. The number of halogens is 3. The Balaban J connectivity index is 1.53. The van der Waals surface area contributed by atoms with Gasteiger partial charge in [-0.1, -0.05) is 15.9 Å². The number of carbonyl (C=O) groups excluding carboxylic acids is 1. The number of benzene rings is 2. The maximum absolute atomic E-state index is 12.5. The Morgan fingerprint density at radius 1 is 1.13 bits per heavy atom. The zero-order valence-electron chi connectivity index (χ0n) is 16.0. The van der Waals surface area contributed by atoms with E-state index < -0.39 is 0 Å². The smallest absolute Gasteiger partial charge is 0.307 e. The quantitative estimate of drug-likeness (QED) is 0.150. The van der Waals surface area contributed by atoms with E-state index in [0.717, 1.165) is 36.1 Å². The standard InChI is InChI=1S/C22H16BrI2N3O2/c1-12-7-15(13(2)28(12)18-5-3-17(24)4-6-18)11-26-27-22(29)20-9-14-8-16(23)10-19(25)21(14)30-20/h3-11H,1-2H3,(H,27,29)/b26-11+. The molecule has 152 valence electrons. The molecule has 4 rings (SSSR count). The lowest BCUT2D eigenvalue weighted by molar-refractivity contribution is 0.0929. The third-order valence-electron chi connectivity index (χ3n) is 4.68. The van der Waals surface area contributed by atoms with Crippen LogP contribution in [-0.4, -0.2) is 16.7 Å². The second-order valence-corrected chi connectivity index (χ2v) is 10.1. The first-order valence-corrected chi connectivity index (χ1v) is 12.0. The van der Waals surface area contributed by atoms with Crippen LogP contribution in [-0.2, 0) is 0 Å². The van der Waals surface area contributed by atoms with Gasteiger partial charge in [-0.2, -0.15) is 5.10 Å². The number of hydrogen-bond acceptors (Lipinski definition) is 3. The summed E-state index contributed by atoms with van der Waals surface area (Å²) < 4.78 is 10.9. The molecule has 1 N–H and O–H groups in total. The van der Waals surface area contributed by atoms with Gasteiger partial charge in [0.1, 0.15) is 5.58 Å². The maximum Gasteiger partial charge on any atom is 0.307 e. The van der Waals surface area contributed by atoms with Crippen molar-refractivity contribution in [3.8, 4) is 5.69 Å². The van der Waals surface area contributed by atoms with Crippen LogP contribution >= 0.6 is 61.1 Å². The van der Waals surface area contributed by atoms with Crippen molar-refractivity contribution in [2.45, 2.75) is 13.8 Å². The first-order valence-electron chi connectivity index (χ1n) is 9.00. The molecule has 0 aliphatic carbocycles. The molecule has 0 saturated carbocycles. The van der Waals surface area contributed by atoms with Crippen molar-refractivity contribution >= 4 is 84.2 Å². The molecule has 0 fully saturated rings. The Hall–Kier alpha value is -1.66. The van der Waals surface area contributed by atoms with Crippen LogP contribution in [0.1, 0.15) is 27.5 Å². The lowest BCUT2D eigenvalue weighted by atomic mass is 10.2. The summed E-state index contributed by atoms with van der Waals surface area (Å²) in [6.45, 7) is 4.09. The summed E-state index contributed by atoms with van der Waals surface area (Å²) in [7, 11) is 0. The Kier molecular flexibility index (Phi) is 6.35. The predicted octanol–water partition coefficient (Wildman–Crippen LogP) is 6.58. The molecule has 30 heavy (non-hydrogen) atoms. The fourth-order valence-electron chi connectivity index (χ4n) is 3.31. The van der Waals surface area contributed by atoms with Crippen molar-refractivity contribution < 1.29 is 9.21 Å². The summed E-state index contributed by atoms with van der Waals surface area (Å²) in [5, 5.41) is 5.01. The van der Waals surface area contributed by atoms with E-state index in [1.807, 2.05) is 25.1 Å². The molecule has 0 unspecified atom stereocenters. The zero-order chi connectivity index (χ0) is 21.4. The van der Waals surface area contributed by atoms with E-state index in [1.54, 1.807) is 12.3 Å². The minimum Gasteiger partial charge on any atom is -0.450 e. The highest BCUT2D eigenvalue weighted by atomic mass is 127. The SMILES string of the molecule is Cc1cc(/C=N/NC(=O)c2cc3cc(Br)cc(I)c3o2)c(C)n1-c1ccc(I)cc1. The molecule has 4 aromatic rings. The monoisotopic (exact) mass is 687 g/mol. The molecule has 2 aromatic carbocycles. The van der Waals surface area contributed by atoms with Gasteiger partial charge < -0.3 is 8.98 Å². The number of aryl methyl sites for hydroxylation is 1. The van der Waals surface area contributed by atoms with E-state index in [-0.39, 0.29) is 11.7 Å². The molecule has 0 bridgehead atoms. The average Bonchev–Trinajstić information content (AvgIpc) is 3.24. The van der Waals surface area contributed by atoms with E-state index >= 15 is 0 Å². The van der Waals surface area contributed by atoms with Crippen LogP contribution in [0, 0.1) is 21.0 Å². The molecule has 0 saturated heterocycles. The van der Waals surface area contributed by atoms with Gasteiger partial charge in [-0.05, 0) is 108 Å². The molecule has 0 radical (unpaired) electrons. The van der Waals surface area contributed by atoms with Gasteiger partial charge in [-0.15, -0.1) is 0 Å². The van der Waals surface area contributed by atoms with Gasteiger partial charge in [-0.3, -0.25) is 4.79 Å². The van der Waals surface area contributed by atoms with Crippen LogP contribution in [0.4, 0.5) is 0 Å². The lowest BCUT2D eigenvalue weighted by Gasteiger charge is -2.09. The number of nitrogens with one attached hydrogen (secondary N) is 1. The van der Waals surface area contributed by atoms with Gasteiger partial charge in [0.25, 0.3) is 0 Å². The Labute approximate surface area is 209 Å². The molecule has 8 heteroatoms. The molecule has 0 aliphatic rings. The lowest BCUT2D eigenvalue weighted by Crippen LogP contribution is -2.16. The average molecular weight is 688 g/mol. The molecule has 0 aliphatic heterocycles. The van der Waals surface area contributed by atoms with Crippen LogP contribution in [0.15, 0.2) is 62.5 Å². The van der Waals surface area contributed by atoms with E-state index in [2.05, 4.69) is 107 Å². The molecule has 5 nitrogen and oxygen atoms in total. The summed E-state index contributed by atoms with van der Waals surface area (Å²) in [6.07, 6.45) is 1.66. The predicted molar refractivity (Wildman–Crippen MR) is 140 cm³/mol. The zero-order valence-corrected chi connectivity index (χ0v) is 21.9. The van der Waals surface area contributed by atoms with Crippen LogP contribution < -0.4 is 5.43 Å². The maximum atomic E-state index is 12.5. The Morgan fingerprint density at radius 2 is 1.87 bits per heavy atom. The van der Waals surface area contributed by atoms with E-state index in [9.17, 15) is 4.79 Å². The van der Waals surface area contributed by atoms with Gasteiger partial charge in [-0.25, -0.2) is 5.43 Å². The Morgan fingerprint density at radius 3 is 2.60 bits per heavy atom. The van der Waals surface area contributed by atoms with Crippen molar-refractivity contribution in [1.82, 2.24) is 9.99 Å². The molecular weight excluding hydrogens is 672 g/mol. The number of carbonyl (C=O) groups is 1.